The van der Waals surface area contributed by atoms with E-state index in [9.17, 15) is 29.1 Å². The summed E-state index contributed by atoms with van der Waals surface area (Å²) in [5.74, 6) is -2.40. The van der Waals surface area contributed by atoms with Crippen LogP contribution in [0, 0.1) is 0 Å². The fourth-order valence-electron chi connectivity index (χ4n) is 8.77. The summed E-state index contributed by atoms with van der Waals surface area (Å²) < 4.78 is 29.4. The third-order valence-electron chi connectivity index (χ3n) is 13.0. The van der Waals surface area contributed by atoms with Gasteiger partial charge >= 0.3 is 18.2 Å². The molecule has 7 aromatic carbocycles. The van der Waals surface area contributed by atoms with Gasteiger partial charge in [0.25, 0.3) is 0 Å². The summed E-state index contributed by atoms with van der Waals surface area (Å²) in [4.78, 5) is 85.8. The highest BCUT2D eigenvalue weighted by Crippen LogP contribution is 2.33. The standard InChI is InChI=1S/C63H63N5O12/c1-68(37-58(70)78-40-45-21-11-4-12-22-45)61(73)55-34-51-32-49(28-30-57(51)77-39-44-19-9-3-10-20-44)48-27-29-56(76-38-43-17-7-2-8-18-43)50(31-48)33-53(67-63(75)80-42-47-25-15-6-16-26-47)59(71)65-54(60(72)66-55)35-52(69)36-64-62(74)79-41-46-23-13-5-14-24-46/h2-32,52-55,69H,33-42H2,1H3,(H,64,74)(H,65,71)(H,66,72)(H,67,75)/t52-,53+,54+,55+/m1/s1. The molecule has 8 rings (SSSR count). The summed E-state index contributed by atoms with van der Waals surface area (Å²) in [5.41, 5.74) is 6.24. The topological polar surface area (TPSA) is 220 Å². The molecule has 0 aromatic heterocycles. The number of benzene rings is 7. The van der Waals surface area contributed by atoms with Crippen molar-refractivity contribution < 1.29 is 57.6 Å². The van der Waals surface area contributed by atoms with Gasteiger partial charge in [0, 0.05) is 32.9 Å². The molecule has 0 fully saturated rings. The normalized spacial score (nSPS) is 15.4. The largest absolute Gasteiger partial charge is 0.489 e. The van der Waals surface area contributed by atoms with Gasteiger partial charge in [-0.05, 0) is 74.3 Å². The van der Waals surface area contributed by atoms with Crippen molar-refractivity contribution in [2.45, 2.75) is 76.5 Å². The molecule has 5 N–H and O–H groups in total. The summed E-state index contributed by atoms with van der Waals surface area (Å²) in [7, 11) is 1.40. The van der Waals surface area contributed by atoms with E-state index in [2.05, 4.69) is 21.3 Å². The van der Waals surface area contributed by atoms with Gasteiger partial charge in [-0.25, -0.2) is 9.59 Å². The molecule has 0 radical (unpaired) electrons. The van der Waals surface area contributed by atoms with Crippen molar-refractivity contribution in [3.63, 3.8) is 0 Å². The lowest BCUT2D eigenvalue weighted by Crippen LogP contribution is -2.58. The van der Waals surface area contributed by atoms with Gasteiger partial charge in [-0.1, -0.05) is 164 Å². The molecule has 0 unspecified atom stereocenters. The fourth-order valence-corrected chi connectivity index (χ4v) is 8.77. The molecule has 412 valence electrons. The van der Waals surface area contributed by atoms with Gasteiger partial charge in [0.15, 0.2) is 0 Å². The van der Waals surface area contributed by atoms with Crippen molar-refractivity contribution in [3.8, 4) is 22.6 Å². The molecule has 5 amide bonds. The van der Waals surface area contributed by atoms with Crippen LogP contribution in [0.15, 0.2) is 188 Å². The number of esters is 1. The molecular weight excluding hydrogens is 1020 g/mol. The number of rotatable bonds is 20. The number of likely N-dealkylation sites (N-methyl/N-ethyl adjacent to an activating group) is 1. The minimum Gasteiger partial charge on any atom is -0.489 e. The van der Waals surface area contributed by atoms with E-state index in [0.29, 0.717) is 39.3 Å². The van der Waals surface area contributed by atoms with Crippen molar-refractivity contribution in [1.82, 2.24) is 26.2 Å². The number of amides is 5. The Hall–Kier alpha value is -9.48. The first-order valence-electron chi connectivity index (χ1n) is 26.2. The maximum absolute atomic E-state index is 15.0. The molecule has 4 atom stereocenters. The van der Waals surface area contributed by atoms with Gasteiger partial charge < -0.3 is 55.0 Å². The second kappa shape index (κ2) is 28.8. The average Bonchev–Trinajstić information content (AvgIpc) is 3.49. The quantitative estimate of drug-likeness (QED) is 0.0366. The Morgan fingerprint density at radius 1 is 0.550 bits per heavy atom. The Kier molecular flexibility index (Phi) is 20.4. The summed E-state index contributed by atoms with van der Waals surface area (Å²) in [5, 5.41) is 22.3. The van der Waals surface area contributed by atoms with Gasteiger partial charge in [-0.3, -0.25) is 19.2 Å². The van der Waals surface area contributed by atoms with Gasteiger partial charge in [-0.2, -0.15) is 0 Å². The summed E-state index contributed by atoms with van der Waals surface area (Å²) in [6.07, 6.45) is -4.16. The van der Waals surface area contributed by atoms with E-state index in [0.717, 1.165) is 27.2 Å². The first-order chi connectivity index (χ1) is 38.9. The first-order valence-corrected chi connectivity index (χ1v) is 26.2. The van der Waals surface area contributed by atoms with E-state index in [-0.39, 0.29) is 45.9 Å². The molecule has 17 nitrogen and oxygen atoms in total. The van der Waals surface area contributed by atoms with E-state index < -0.39 is 79.6 Å². The Balaban J connectivity index is 1.16. The van der Waals surface area contributed by atoms with Crippen molar-refractivity contribution in [2.24, 2.45) is 0 Å². The number of nitrogens with one attached hydrogen (secondary N) is 4. The average molecular weight is 1080 g/mol. The molecule has 0 saturated heterocycles. The molecule has 17 heteroatoms. The van der Waals surface area contributed by atoms with Gasteiger partial charge in [0.2, 0.25) is 17.7 Å². The molecular formula is C63H63N5O12. The number of alkyl carbamates (subject to hydrolysis) is 2. The Labute approximate surface area is 464 Å². The van der Waals surface area contributed by atoms with Crippen LogP contribution in [0.3, 0.4) is 0 Å². The molecule has 4 bridgehead atoms. The Bertz CT molecular complexity index is 3170. The number of hydrogen-bond acceptors (Lipinski definition) is 12. The molecule has 1 heterocycles. The molecule has 7 aromatic rings. The van der Waals surface area contributed by atoms with Gasteiger partial charge in [0.05, 0.1) is 6.10 Å². The zero-order valence-corrected chi connectivity index (χ0v) is 44.2. The Morgan fingerprint density at radius 3 is 1.48 bits per heavy atom. The van der Waals surface area contributed by atoms with Crippen LogP contribution in [0.5, 0.6) is 11.5 Å². The van der Waals surface area contributed by atoms with E-state index in [4.69, 9.17) is 23.7 Å². The zero-order valence-electron chi connectivity index (χ0n) is 44.2. The van der Waals surface area contributed by atoms with E-state index >= 15 is 4.79 Å². The van der Waals surface area contributed by atoms with Crippen LogP contribution in [0.1, 0.15) is 45.4 Å². The number of aliphatic hydroxyl groups is 1. The van der Waals surface area contributed by atoms with Crippen LogP contribution in [-0.2, 0) is 79.3 Å². The minimum atomic E-state index is -1.62. The number of fused-ring (bicyclic) bond motifs is 5. The maximum Gasteiger partial charge on any atom is 0.408 e. The summed E-state index contributed by atoms with van der Waals surface area (Å²) in [6.45, 7) is -0.799. The molecule has 1 aliphatic heterocycles. The van der Waals surface area contributed by atoms with Crippen molar-refractivity contribution in [1.29, 1.82) is 0 Å². The first kappa shape index (κ1) is 56.7. The SMILES string of the molecule is CN(CC(=O)OCc1ccccc1)C(=O)[C@@H]1Cc2cc(ccc2OCc2ccccc2)-c2ccc(OCc3ccccc3)c(c2)C[C@H](NC(=O)OCc2ccccc2)C(=O)N[C@@H](C[C@@H](O)CNC(=O)OCc2ccccc2)C(=O)N1. The van der Waals surface area contributed by atoms with Crippen LogP contribution in [-0.4, -0.2) is 90.3 Å². The molecule has 0 spiro atoms. The van der Waals surface area contributed by atoms with Crippen LogP contribution in [0.4, 0.5) is 9.59 Å². The lowest BCUT2D eigenvalue weighted by molar-refractivity contribution is -0.150. The second-order valence-corrected chi connectivity index (χ2v) is 19.2. The minimum absolute atomic E-state index is 0.0392. The third kappa shape index (κ3) is 17.3. The second-order valence-electron chi connectivity index (χ2n) is 19.2. The molecule has 0 aliphatic carbocycles. The molecule has 1 aliphatic rings. The van der Waals surface area contributed by atoms with Crippen LogP contribution < -0.4 is 30.7 Å². The zero-order chi connectivity index (χ0) is 56.1. The highest BCUT2D eigenvalue weighted by Gasteiger charge is 2.34. The van der Waals surface area contributed by atoms with Crippen molar-refractivity contribution >= 4 is 35.9 Å². The lowest BCUT2D eigenvalue weighted by Gasteiger charge is -2.28. The predicted octanol–water partition coefficient (Wildman–Crippen LogP) is 7.75. The molecule has 0 saturated carbocycles. The number of carbonyl (C=O) groups is 6. The van der Waals surface area contributed by atoms with Gasteiger partial charge in [-0.15, -0.1) is 0 Å². The predicted molar refractivity (Wildman–Crippen MR) is 297 cm³/mol. The number of carbonyl (C=O) groups excluding carboxylic acids is 6. The van der Waals surface area contributed by atoms with E-state index in [1.54, 1.807) is 72.8 Å². The maximum atomic E-state index is 15.0. The van der Waals surface area contributed by atoms with Crippen LogP contribution >= 0.6 is 0 Å². The summed E-state index contributed by atoms with van der Waals surface area (Å²) >= 11 is 0. The summed E-state index contributed by atoms with van der Waals surface area (Å²) in [6, 6.07) is 52.4. The molecule has 80 heavy (non-hydrogen) atoms. The van der Waals surface area contributed by atoms with Gasteiger partial charge in [0.1, 0.15) is 69.2 Å². The third-order valence-corrected chi connectivity index (χ3v) is 13.0. The smallest absolute Gasteiger partial charge is 0.408 e. The monoisotopic (exact) mass is 1080 g/mol. The Morgan fingerprint density at radius 2 is 0.988 bits per heavy atom. The van der Waals surface area contributed by atoms with E-state index in [1.807, 2.05) is 115 Å². The van der Waals surface area contributed by atoms with Crippen molar-refractivity contribution in [2.75, 3.05) is 20.1 Å². The number of nitrogens with zero attached hydrogens (tertiary/aromatic N) is 1. The number of aliphatic hydroxyl groups excluding tert-OH is 1. The highest BCUT2D eigenvalue weighted by atomic mass is 16.6. The number of hydrogen-bond donors (Lipinski definition) is 5. The van der Waals surface area contributed by atoms with Crippen LogP contribution in [0.25, 0.3) is 11.1 Å². The van der Waals surface area contributed by atoms with Crippen LogP contribution in [0.2, 0.25) is 0 Å². The van der Waals surface area contributed by atoms with Crippen molar-refractivity contribution in [3.05, 3.63) is 227 Å². The highest BCUT2D eigenvalue weighted by molar-refractivity contribution is 5.95. The van der Waals surface area contributed by atoms with E-state index in [1.165, 1.54) is 7.05 Å². The number of ether oxygens (including phenoxy) is 5. The fraction of sp³-hybridized carbons (Fsp3) is 0.238. The lowest BCUT2D eigenvalue weighted by atomic mass is 9.95.